The van der Waals surface area contributed by atoms with Crippen molar-refractivity contribution >= 4 is 11.4 Å². The average Bonchev–Trinajstić information content (AvgIpc) is 2.47. The van der Waals surface area contributed by atoms with Crippen molar-refractivity contribution in [2.45, 2.75) is 25.3 Å². The fraction of sp³-hybridized carbons (Fsp3) is 0.571. The summed E-state index contributed by atoms with van der Waals surface area (Å²) in [4.78, 5) is 12.6. The first-order chi connectivity index (χ1) is 9.61. The monoisotopic (exact) mass is 279 g/mol. The Morgan fingerprint density at radius 1 is 1.50 bits per heavy atom. The zero-order valence-electron chi connectivity index (χ0n) is 12.0. The Bertz CT molecular complexity index is 473. The highest BCUT2D eigenvalue weighted by Crippen LogP contribution is 2.31. The number of benzene rings is 1. The summed E-state index contributed by atoms with van der Waals surface area (Å²) >= 11 is 0. The number of ether oxygens (including phenoxy) is 1. The lowest BCUT2D eigenvalue weighted by atomic mass is 10.0. The van der Waals surface area contributed by atoms with Crippen molar-refractivity contribution in [3.05, 3.63) is 28.3 Å². The van der Waals surface area contributed by atoms with Crippen LogP contribution in [0.15, 0.2) is 18.2 Å². The highest BCUT2D eigenvalue weighted by atomic mass is 16.6. The summed E-state index contributed by atoms with van der Waals surface area (Å²) in [6, 6.07) is 5.47. The molecule has 2 rings (SSSR count). The third-order valence-electron chi connectivity index (χ3n) is 3.71. The third kappa shape index (κ3) is 3.39. The van der Waals surface area contributed by atoms with Crippen molar-refractivity contribution in [2.24, 2.45) is 0 Å². The van der Waals surface area contributed by atoms with Gasteiger partial charge in [0.1, 0.15) is 0 Å². The van der Waals surface area contributed by atoms with Crippen molar-refractivity contribution in [1.82, 2.24) is 5.32 Å². The van der Waals surface area contributed by atoms with E-state index in [0.29, 0.717) is 11.8 Å². The molecule has 1 fully saturated rings. The van der Waals surface area contributed by atoms with Crippen LogP contribution in [0.3, 0.4) is 0 Å². The molecule has 0 radical (unpaired) electrons. The Labute approximate surface area is 118 Å². The minimum absolute atomic E-state index is 0.000409. The summed E-state index contributed by atoms with van der Waals surface area (Å²) in [5.41, 5.74) is 0.931. The molecular weight excluding hydrogens is 258 g/mol. The van der Waals surface area contributed by atoms with Crippen LogP contribution in [0.1, 0.15) is 19.3 Å². The van der Waals surface area contributed by atoms with E-state index in [1.54, 1.807) is 12.1 Å². The molecule has 0 aliphatic carbocycles. The van der Waals surface area contributed by atoms with Gasteiger partial charge >= 0.3 is 5.69 Å². The molecule has 110 valence electrons. The van der Waals surface area contributed by atoms with Crippen LogP contribution in [0.5, 0.6) is 5.75 Å². The van der Waals surface area contributed by atoms with Gasteiger partial charge in [-0.25, -0.2) is 0 Å². The molecule has 0 bridgehead atoms. The number of nitrogens with zero attached hydrogens (tertiary/aromatic N) is 2. The van der Waals surface area contributed by atoms with Crippen molar-refractivity contribution in [3.63, 3.8) is 0 Å². The van der Waals surface area contributed by atoms with Crippen LogP contribution in [0, 0.1) is 10.1 Å². The predicted octanol–water partition coefficient (Wildman–Crippen LogP) is 2.18. The fourth-order valence-electron chi connectivity index (χ4n) is 2.57. The highest BCUT2D eigenvalue weighted by Gasteiger charge is 2.18. The Kier molecular flexibility index (Phi) is 4.79. The van der Waals surface area contributed by atoms with Crippen LogP contribution in [0.2, 0.25) is 0 Å². The topological polar surface area (TPSA) is 67.6 Å². The van der Waals surface area contributed by atoms with Gasteiger partial charge in [-0.05, 0) is 25.5 Å². The second-order valence-corrected chi connectivity index (χ2v) is 5.14. The van der Waals surface area contributed by atoms with E-state index >= 15 is 0 Å². The zero-order valence-corrected chi connectivity index (χ0v) is 12.0. The predicted molar refractivity (Wildman–Crippen MR) is 78.6 cm³/mol. The smallest absolute Gasteiger partial charge is 0.311 e. The minimum Gasteiger partial charge on any atom is -0.490 e. The molecule has 1 aromatic carbocycles. The van der Waals surface area contributed by atoms with Gasteiger partial charge in [0.2, 0.25) is 0 Å². The van der Waals surface area contributed by atoms with Gasteiger partial charge in [0.25, 0.3) is 0 Å². The largest absolute Gasteiger partial charge is 0.490 e. The number of hydrogen-bond acceptors (Lipinski definition) is 5. The summed E-state index contributed by atoms with van der Waals surface area (Å²) in [7, 11) is 3.45. The van der Waals surface area contributed by atoms with E-state index in [4.69, 9.17) is 4.74 Å². The zero-order chi connectivity index (χ0) is 14.5. The highest BCUT2D eigenvalue weighted by molar-refractivity contribution is 5.59. The molecule has 1 heterocycles. The third-order valence-corrected chi connectivity index (χ3v) is 3.71. The SMILES string of the molecule is COc1cc(N(C)CC2CCCCN2)ccc1[N+](=O)[O-]. The van der Waals surface area contributed by atoms with Crippen molar-refractivity contribution in [1.29, 1.82) is 0 Å². The molecule has 20 heavy (non-hydrogen) atoms. The van der Waals surface area contributed by atoms with Gasteiger partial charge in [0.05, 0.1) is 12.0 Å². The molecular formula is C14H21N3O3. The molecule has 6 heteroatoms. The van der Waals surface area contributed by atoms with Crippen LogP contribution < -0.4 is 15.0 Å². The van der Waals surface area contributed by atoms with Gasteiger partial charge in [0, 0.05) is 37.5 Å². The molecule has 1 aliphatic rings. The molecule has 1 aliphatic heterocycles. The summed E-state index contributed by atoms with van der Waals surface area (Å²) in [5.74, 6) is 0.302. The van der Waals surface area contributed by atoms with E-state index < -0.39 is 4.92 Å². The molecule has 1 N–H and O–H groups in total. The number of anilines is 1. The maximum absolute atomic E-state index is 10.9. The van der Waals surface area contributed by atoms with Gasteiger partial charge in [-0.2, -0.15) is 0 Å². The molecule has 6 nitrogen and oxygen atoms in total. The van der Waals surface area contributed by atoms with Gasteiger partial charge in [-0.3, -0.25) is 10.1 Å². The van der Waals surface area contributed by atoms with E-state index in [0.717, 1.165) is 18.8 Å². The van der Waals surface area contributed by atoms with Crippen molar-refractivity contribution in [2.75, 3.05) is 32.1 Å². The first-order valence-corrected chi connectivity index (χ1v) is 6.88. The average molecular weight is 279 g/mol. The Morgan fingerprint density at radius 2 is 2.30 bits per heavy atom. The Balaban J connectivity index is 2.09. The number of nitro groups is 1. The number of nitro benzene ring substituents is 1. The second kappa shape index (κ2) is 6.56. The van der Waals surface area contributed by atoms with E-state index in [1.165, 1.54) is 32.4 Å². The minimum atomic E-state index is -0.425. The van der Waals surface area contributed by atoms with Gasteiger partial charge in [-0.1, -0.05) is 6.42 Å². The van der Waals surface area contributed by atoms with Crippen LogP contribution in [0.4, 0.5) is 11.4 Å². The van der Waals surface area contributed by atoms with Gasteiger partial charge < -0.3 is 15.0 Å². The maximum Gasteiger partial charge on any atom is 0.311 e. The molecule has 1 atom stereocenters. The molecule has 0 spiro atoms. The summed E-state index contributed by atoms with van der Waals surface area (Å²) in [5, 5.41) is 14.4. The van der Waals surface area contributed by atoms with Crippen molar-refractivity contribution < 1.29 is 9.66 Å². The Morgan fingerprint density at radius 3 is 2.90 bits per heavy atom. The lowest BCUT2D eigenvalue weighted by molar-refractivity contribution is -0.385. The van der Waals surface area contributed by atoms with E-state index in [-0.39, 0.29) is 5.69 Å². The molecule has 1 unspecified atom stereocenters. The van der Waals surface area contributed by atoms with E-state index in [9.17, 15) is 10.1 Å². The van der Waals surface area contributed by atoms with E-state index in [2.05, 4.69) is 10.2 Å². The number of piperidine rings is 1. The van der Waals surface area contributed by atoms with E-state index in [1.807, 2.05) is 7.05 Å². The second-order valence-electron chi connectivity index (χ2n) is 5.14. The summed E-state index contributed by atoms with van der Waals surface area (Å²) < 4.78 is 5.10. The lowest BCUT2D eigenvalue weighted by Gasteiger charge is -2.29. The first-order valence-electron chi connectivity index (χ1n) is 6.88. The lowest BCUT2D eigenvalue weighted by Crippen LogP contribution is -2.42. The fourth-order valence-corrected chi connectivity index (χ4v) is 2.57. The van der Waals surface area contributed by atoms with Gasteiger partial charge in [0.15, 0.2) is 5.75 Å². The molecule has 1 aromatic rings. The quantitative estimate of drug-likeness (QED) is 0.661. The number of nitrogens with one attached hydrogen (secondary N) is 1. The van der Waals surface area contributed by atoms with Crippen LogP contribution in [-0.2, 0) is 0 Å². The molecule has 1 saturated heterocycles. The van der Waals surface area contributed by atoms with Crippen LogP contribution in [0.25, 0.3) is 0 Å². The number of rotatable bonds is 5. The summed E-state index contributed by atoms with van der Waals surface area (Å²) in [6.07, 6.45) is 3.68. The molecule has 0 amide bonds. The Hall–Kier alpha value is -1.82. The van der Waals surface area contributed by atoms with Crippen molar-refractivity contribution in [3.8, 4) is 5.75 Å². The first kappa shape index (κ1) is 14.6. The standard InChI is InChI=1S/C14H21N3O3/c1-16(10-11-5-3-4-8-15-11)12-6-7-13(17(18)19)14(9-12)20-2/h6-7,9,11,15H,3-5,8,10H2,1-2H3. The van der Waals surface area contributed by atoms with Gasteiger partial charge in [-0.15, -0.1) is 0 Å². The molecule has 0 saturated carbocycles. The number of methoxy groups -OCH3 is 1. The van der Waals surface area contributed by atoms with Crippen LogP contribution >= 0.6 is 0 Å². The number of hydrogen-bond donors (Lipinski definition) is 1. The maximum atomic E-state index is 10.9. The number of likely N-dealkylation sites (N-methyl/N-ethyl adjacent to an activating group) is 1. The van der Waals surface area contributed by atoms with Crippen LogP contribution in [-0.4, -0.2) is 38.2 Å². The molecule has 0 aromatic heterocycles. The summed E-state index contributed by atoms with van der Waals surface area (Å²) in [6.45, 7) is 1.96. The normalized spacial score (nSPS) is 18.6.